The van der Waals surface area contributed by atoms with Crippen LogP contribution in [-0.2, 0) is 18.4 Å². The van der Waals surface area contributed by atoms with Crippen molar-refractivity contribution in [2.24, 2.45) is 7.05 Å². The molecule has 6 heteroatoms. The van der Waals surface area contributed by atoms with Crippen LogP contribution in [0.4, 0.5) is 0 Å². The summed E-state index contributed by atoms with van der Waals surface area (Å²) in [5, 5.41) is 2.66. The standard InChI is InChI=1S/C18H18N4O2/c1-13-19-9-11-22(13)15-7-5-14(6-8-15)12-20-18(24)17(23)16-4-3-10-21(16)2/h3-11H,12H2,1-2H3,(H,20,24). The third kappa shape index (κ3) is 3.12. The molecule has 0 aliphatic heterocycles. The Morgan fingerprint density at radius 1 is 1.12 bits per heavy atom. The Kier molecular flexibility index (Phi) is 4.29. The van der Waals surface area contributed by atoms with Crippen LogP contribution in [0, 0.1) is 6.92 Å². The van der Waals surface area contributed by atoms with Crippen LogP contribution in [0.2, 0.25) is 0 Å². The van der Waals surface area contributed by atoms with E-state index < -0.39 is 11.7 Å². The van der Waals surface area contributed by atoms with Crippen LogP contribution >= 0.6 is 0 Å². The molecule has 3 rings (SSSR count). The van der Waals surface area contributed by atoms with Crippen molar-refractivity contribution in [1.82, 2.24) is 19.4 Å². The van der Waals surface area contributed by atoms with Gasteiger partial charge in [-0.3, -0.25) is 9.59 Å². The molecule has 1 aromatic carbocycles. The number of nitrogens with zero attached hydrogens (tertiary/aromatic N) is 3. The number of ketones is 1. The van der Waals surface area contributed by atoms with E-state index in [0.717, 1.165) is 17.1 Å². The number of amides is 1. The van der Waals surface area contributed by atoms with E-state index >= 15 is 0 Å². The largest absolute Gasteiger partial charge is 0.348 e. The molecular weight excluding hydrogens is 304 g/mol. The second-order valence-electron chi connectivity index (χ2n) is 5.53. The Morgan fingerprint density at radius 3 is 2.46 bits per heavy atom. The van der Waals surface area contributed by atoms with Crippen molar-refractivity contribution in [1.29, 1.82) is 0 Å². The molecule has 1 N–H and O–H groups in total. The zero-order chi connectivity index (χ0) is 17.1. The summed E-state index contributed by atoms with van der Waals surface area (Å²) in [7, 11) is 1.73. The molecule has 0 spiro atoms. The van der Waals surface area contributed by atoms with Crippen molar-refractivity contribution < 1.29 is 9.59 Å². The fourth-order valence-electron chi connectivity index (χ4n) is 2.50. The van der Waals surface area contributed by atoms with Crippen LogP contribution in [-0.4, -0.2) is 25.8 Å². The molecule has 0 atom stereocenters. The molecule has 0 saturated heterocycles. The normalized spacial score (nSPS) is 10.6. The van der Waals surface area contributed by atoms with Gasteiger partial charge in [-0.1, -0.05) is 12.1 Å². The number of aryl methyl sites for hydroxylation is 2. The molecule has 24 heavy (non-hydrogen) atoms. The van der Waals surface area contributed by atoms with Gasteiger partial charge < -0.3 is 14.5 Å². The van der Waals surface area contributed by atoms with E-state index in [1.54, 1.807) is 36.1 Å². The van der Waals surface area contributed by atoms with Crippen molar-refractivity contribution in [3.8, 4) is 5.69 Å². The zero-order valence-electron chi connectivity index (χ0n) is 13.6. The quantitative estimate of drug-likeness (QED) is 0.577. The molecule has 0 saturated carbocycles. The number of rotatable bonds is 5. The number of Topliss-reactive ketones (excluding diaryl/α,β-unsaturated/α-hetero) is 1. The minimum atomic E-state index is -0.605. The molecule has 0 bridgehead atoms. The van der Waals surface area contributed by atoms with E-state index in [1.165, 1.54) is 0 Å². The van der Waals surface area contributed by atoms with Gasteiger partial charge in [0.1, 0.15) is 5.82 Å². The number of hydrogen-bond donors (Lipinski definition) is 1. The second kappa shape index (κ2) is 6.54. The van der Waals surface area contributed by atoms with E-state index in [9.17, 15) is 9.59 Å². The first-order valence-electron chi connectivity index (χ1n) is 7.59. The van der Waals surface area contributed by atoms with Gasteiger partial charge in [-0.15, -0.1) is 0 Å². The molecular formula is C18H18N4O2. The molecule has 0 radical (unpaired) electrons. The maximum Gasteiger partial charge on any atom is 0.294 e. The first-order chi connectivity index (χ1) is 11.6. The van der Waals surface area contributed by atoms with E-state index in [4.69, 9.17) is 0 Å². The molecule has 6 nitrogen and oxygen atoms in total. The van der Waals surface area contributed by atoms with Crippen molar-refractivity contribution in [3.05, 3.63) is 72.1 Å². The predicted octanol–water partition coefficient (Wildman–Crippen LogP) is 2.02. The number of carbonyl (C=O) groups is 2. The van der Waals surface area contributed by atoms with Gasteiger partial charge >= 0.3 is 0 Å². The first kappa shape index (κ1) is 15.7. The summed E-state index contributed by atoms with van der Waals surface area (Å²) >= 11 is 0. The minimum absolute atomic E-state index is 0.304. The number of nitrogens with one attached hydrogen (secondary N) is 1. The van der Waals surface area contributed by atoms with Crippen molar-refractivity contribution in [2.75, 3.05) is 0 Å². The fraction of sp³-hybridized carbons (Fsp3) is 0.167. The van der Waals surface area contributed by atoms with Crippen LogP contribution in [0.1, 0.15) is 21.9 Å². The molecule has 0 aliphatic rings. The highest BCUT2D eigenvalue weighted by Gasteiger charge is 2.17. The van der Waals surface area contributed by atoms with Crippen LogP contribution < -0.4 is 5.32 Å². The van der Waals surface area contributed by atoms with Crippen molar-refractivity contribution >= 4 is 11.7 Å². The SMILES string of the molecule is Cc1nccn1-c1ccc(CNC(=O)C(=O)c2cccn2C)cc1. The lowest BCUT2D eigenvalue weighted by Crippen LogP contribution is -2.31. The lowest BCUT2D eigenvalue weighted by atomic mass is 10.2. The van der Waals surface area contributed by atoms with Crippen LogP contribution in [0.5, 0.6) is 0 Å². The first-order valence-corrected chi connectivity index (χ1v) is 7.59. The summed E-state index contributed by atoms with van der Waals surface area (Å²) < 4.78 is 3.60. The molecule has 1 amide bonds. The Balaban J connectivity index is 1.63. The maximum absolute atomic E-state index is 12.1. The summed E-state index contributed by atoms with van der Waals surface area (Å²) in [6.45, 7) is 2.24. The van der Waals surface area contributed by atoms with E-state index in [1.807, 2.05) is 42.0 Å². The topological polar surface area (TPSA) is 68.9 Å². The van der Waals surface area contributed by atoms with E-state index in [-0.39, 0.29) is 0 Å². The summed E-state index contributed by atoms with van der Waals surface area (Å²) in [6, 6.07) is 11.1. The highest BCUT2D eigenvalue weighted by Crippen LogP contribution is 2.11. The Hall–Kier alpha value is -3.15. The lowest BCUT2D eigenvalue weighted by Gasteiger charge is -2.08. The Bertz CT molecular complexity index is 875. The molecule has 122 valence electrons. The number of benzene rings is 1. The number of aromatic nitrogens is 3. The predicted molar refractivity (Wildman–Crippen MR) is 89.9 cm³/mol. The lowest BCUT2D eigenvalue weighted by molar-refractivity contribution is -0.117. The summed E-state index contributed by atoms with van der Waals surface area (Å²) in [5.74, 6) is -0.233. The monoisotopic (exact) mass is 322 g/mol. The van der Waals surface area contributed by atoms with Gasteiger partial charge in [-0.25, -0.2) is 4.98 Å². The van der Waals surface area contributed by atoms with Gasteiger partial charge in [0.2, 0.25) is 0 Å². The molecule has 3 aromatic rings. The highest BCUT2D eigenvalue weighted by atomic mass is 16.2. The number of carbonyl (C=O) groups excluding carboxylic acids is 2. The molecule has 0 aliphatic carbocycles. The Labute approximate surface area is 139 Å². The molecule has 0 unspecified atom stereocenters. The van der Waals surface area contributed by atoms with Crippen LogP contribution in [0.25, 0.3) is 5.69 Å². The van der Waals surface area contributed by atoms with Crippen molar-refractivity contribution in [2.45, 2.75) is 13.5 Å². The maximum atomic E-state index is 12.1. The van der Waals surface area contributed by atoms with Gasteiger partial charge in [-0.05, 0) is 36.8 Å². The van der Waals surface area contributed by atoms with Gasteiger partial charge in [-0.2, -0.15) is 0 Å². The molecule has 2 aromatic heterocycles. The van der Waals surface area contributed by atoms with E-state index in [2.05, 4.69) is 10.3 Å². The minimum Gasteiger partial charge on any atom is -0.348 e. The van der Waals surface area contributed by atoms with Gasteiger partial charge in [0.25, 0.3) is 11.7 Å². The third-order valence-electron chi connectivity index (χ3n) is 3.88. The van der Waals surface area contributed by atoms with Gasteiger partial charge in [0.05, 0.1) is 5.69 Å². The second-order valence-corrected chi connectivity index (χ2v) is 5.53. The van der Waals surface area contributed by atoms with Crippen LogP contribution in [0.3, 0.4) is 0 Å². The number of imidazole rings is 1. The van der Waals surface area contributed by atoms with Gasteiger partial charge in [0, 0.05) is 37.9 Å². The summed E-state index contributed by atoms with van der Waals surface area (Å²) in [6.07, 6.45) is 5.38. The molecule has 2 heterocycles. The van der Waals surface area contributed by atoms with Crippen LogP contribution in [0.15, 0.2) is 55.0 Å². The molecule has 0 fully saturated rings. The third-order valence-corrected chi connectivity index (χ3v) is 3.88. The fourth-order valence-corrected chi connectivity index (χ4v) is 2.50. The van der Waals surface area contributed by atoms with Gasteiger partial charge in [0.15, 0.2) is 0 Å². The average Bonchev–Trinajstić information content (AvgIpc) is 3.20. The van der Waals surface area contributed by atoms with Crippen molar-refractivity contribution in [3.63, 3.8) is 0 Å². The average molecular weight is 322 g/mol. The summed E-state index contributed by atoms with van der Waals surface area (Å²) in [4.78, 5) is 28.2. The highest BCUT2D eigenvalue weighted by molar-refractivity contribution is 6.42. The zero-order valence-corrected chi connectivity index (χ0v) is 13.6. The Morgan fingerprint density at radius 2 is 1.88 bits per heavy atom. The number of hydrogen-bond acceptors (Lipinski definition) is 3. The smallest absolute Gasteiger partial charge is 0.294 e. The van der Waals surface area contributed by atoms with E-state index in [0.29, 0.717) is 12.2 Å². The summed E-state index contributed by atoms with van der Waals surface area (Å²) in [5.41, 5.74) is 2.29.